The number of nitrogens with zero attached hydrogens (tertiary/aromatic N) is 2. The highest BCUT2D eigenvalue weighted by molar-refractivity contribution is 5.53. The van der Waals surface area contributed by atoms with Crippen LogP contribution in [0.3, 0.4) is 0 Å². The lowest BCUT2D eigenvalue weighted by Crippen LogP contribution is -2.27. The van der Waals surface area contributed by atoms with Crippen molar-refractivity contribution in [2.45, 2.75) is 19.4 Å². The molecular formula is C15H24N2O2. The van der Waals surface area contributed by atoms with E-state index in [0.717, 1.165) is 18.8 Å². The van der Waals surface area contributed by atoms with Gasteiger partial charge in [0.15, 0.2) is 0 Å². The van der Waals surface area contributed by atoms with Gasteiger partial charge in [-0.1, -0.05) is 6.07 Å². The van der Waals surface area contributed by atoms with E-state index in [1.165, 1.54) is 13.0 Å². The molecule has 0 spiro atoms. The van der Waals surface area contributed by atoms with E-state index in [0.29, 0.717) is 11.5 Å². The normalized spacial score (nSPS) is 21.6. The number of likely N-dealkylation sites (tertiary alicyclic amines) is 1. The smallest absolute Gasteiger partial charge is 0.123 e. The van der Waals surface area contributed by atoms with E-state index in [2.05, 4.69) is 23.9 Å². The molecule has 4 nitrogen and oxygen atoms in total. The van der Waals surface area contributed by atoms with Crippen LogP contribution in [0.5, 0.6) is 5.75 Å². The standard InChI is InChI=1S/C15H24N2O2/c1-11(18)14-5-4-13(8-15(14)19)17(3)10-12-6-7-16(2)9-12/h4-5,8,11-12,18-19H,6-7,9-10H2,1-3H3. The number of benzene rings is 1. The number of phenolic OH excluding ortho intramolecular Hbond substituents is 1. The maximum atomic E-state index is 9.92. The summed E-state index contributed by atoms with van der Waals surface area (Å²) in [4.78, 5) is 4.53. The molecule has 2 unspecified atom stereocenters. The molecule has 1 aromatic rings. The molecule has 4 heteroatoms. The molecule has 106 valence electrons. The molecule has 0 bridgehead atoms. The quantitative estimate of drug-likeness (QED) is 0.871. The van der Waals surface area contributed by atoms with Gasteiger partial charge in [-0.2, -0.15) is 0 Å². The summed E-state index contributed by atoms with van der Waals surface area (Å²) in [6, 6.07) is 5.49. The van der Waals surface area contributed by atoms with Crippen LogP contribution >= 0.6 is 0 Å². The molecule has 1 aliphatic heterocycles. The maximum Gasteiger partial charge on any atom is 0.123 e. The minimum absolute atomic E-state index is 0.169. The van der Waals surface area contributed by atoms with E-state index in [-0.39, 0.29) is 5.75 Å². The van der Waals surface area contributed by atoms with E-state index in [9.17, 15) is 10.2 Å². The second kappa shape index (κ2) is 5.80. The molecule has 0 radical (unpaired) electrons. The average molecular weight is 264 g/mol. The minimum Gasteiger partial charge on any atom is -0.507 e. The third-order valence-electron chi connectivity index (χ3n) is 3.93. The van der Waals surface area contributed by atoms with E-state index in [1.807, 2.05) is 6.07 Å². The predicted molar refractivity (Wildman–Crippen MR) is 77.6 cm³/mol. The van der Waals surface area contributed by atoms with Gasteiger partial charge in [-0.15, -0.1) is 0 Å². The topological polar surface area (TPSA) is 46.9 Å². The summed E-state index contributed by atoms with van der Waals surface area (Å²) in [5.74, 6) is 0.858. The number of phenols is 1. The molecule has 1 saturated heterocycles. The largest absolute Gasteiger partial charge is 0.507 e. The fraction of sp³-hybridized carbons (Fsp3) is 0.600. The molecule has 0 amide bonds. The van der Waals surface area contributed by atoms with Crippen LogP contribution in [-0.4, -0.2) is 48.8 Å². The summed E-state index contributed by atoms with van der Waals surface area (Å²) in [6.45, 7) is 4.97. The number of anilines is 1. The van der Waals surface area contributed by atoms with Crippen molar-refractivity contribution in [2.24, 2.45) is 5.92 Å². The van der Waals surface area contributed by atoms with Gasteiger partial charge in [0.25, 0.3) is 0 Å². The number of aromatic hydroxyl groups is 1. The Morgan fingerprint density at radius 2 is 2.21 bits per heavy atom. The Hall–Kier alpha value is -1.26. The van der Waals surface area contributed by atoms with Crippen LogP contribution < -0.4 is 4.90 Å². The molecule has 2 atom stereocenters. The zero-order chi connectivity index (χ0) is 14.0. The molecule has 1 heterocycles. The van der Waals surface area contributed by atoms with Crippen LogP contribution in [0.4, 0.5) is 5.69 Å². The Bertz CT molecular complexity index is 434. The van der Waals surface area contributed by atoms with Gasteiger partial charge < -0.3 is 20.0 Å². The second-order valence-corrected chi connectivity index (χ2v) is 5.72. The molecule has 0 saturated carbocycles. The highest BCUT2D eigenvalue weighted by Crippen LogP contribution is 2.29. The molecule has 1 aliphatic rings. The number of hydrogen-bond acceptors (Lipinski definition) is 4. The summed E-state index contributed by atoms with van der Waals surface area (Å²) in [5.41, 5.74) is 1.58. The van der Waals surface area contributed by atoms with Gasteiger partial charge in [0.1, 0.15) is 5.75 Å². The zero-order valence-corrected chi connectivity index (χ0v) is 12.0. The fourth-order valence-corrected chi connectivity index (χ4v) is 2.79. The fourth-order valence-electron chi connectivity index (χ4n) is 2.79. The van der Waals surface area contributed by atoms with Crippen molar-refractivity contribution in [3.05, 3.63) is 23.8 Å². The van der Waals surface area contributed by atoms with E-state index >= 15 is 0 Å². The van der Waals surface area contributed by atoms with Gasteiger partial charge in [0.2, 0.25) is 0 Å². The predicted octanol–water partition coefficient (Wildman–Crippen LogP) is 1.83. The van der Waals surface area contributed by atoms with Gasteiger partial charge >= 0.3 is 0 Å². The van der Waals surface area contributed by atoms with Crippen molar-refractivity contribution in [3.8, 4) is 5.75 Å². The first kappa shape index (κ1) is 14.2. The highest BCUT2D eigenvalue weighted by atomic mass is 16.3. The minimum atomic E-state index is -0.636. The molecule has 2 rings (SSSR count). The molecule has 0 aromatic heterocycles. The molecular weight excluding hydrogens is 240 g/mol. The third kappa shape index (κ3) is 3.39. The number of aliphatic hydroxyl groups excluding tert-OH is 1. The van der Waals surface area contributed by atoms with Gasteiger partial charge in [-0.25, -0.2) is 0 Å². The van der Waals surface area contributed by atoms with Gasteiger partial charge in [0.05, 0.1) is 6.10 Å². The van der Waals surface area contributed by atoms with Crippen LogP contribution in [0.1, 0.15) is 25.0 Å². The Morgan fingerprint density at radius 3 is 2.74 bits per heavy atom. The van der Waals surface area contributed by atoms with Crippen molar-refractivity contribution in [3.63, 3.8) is 0 Å². The van der Waals surface area contributed by atoms with Gasteiger partial charge in [-0.3, -0.25) is 0 Å². The van der Waals surface area contributed by atoms with Gasteiger partial charge in [-0.05, 0) is 38.9 Å². The number of aliphatic hydroxyl groups is 1. The van der Waals surface area contributed by atoms with Crippen LogP contribution in [0.2, 0.25) is 0 Å². The number of hydrogen-bond donors (Lipinski definition) is 2. The van der Waals surface area contributed by atoms with Crippen LogP contribution in [0, 0.1) is 5.92 Å². The maximum absolute atomic E-state index is 9.92. The SMILES string of the molecule is CC(O)c1ccc(N(C)CC2CCN(C)C2)cc1O. The van der Waals surface area contributed by atoms with Crippen molar-refractivity contribution < 1.29 is 10.2 Å². The second-order valence-electron chi connectivity index (χ2n) is 5.72. The lowest BCUT2D eigenvalue weighted by Gasteiger charge is -2.24. The first-order valence-corrected chi connectivity index (χ1v) is 6.88. The molecule has 19 heavy (non-hydrogen) atoms. The van der Waals surface area contributed by atoms with Crippen LogP contribution in [0.15, 0.2) is 18.2 Å². The van der Waals surface area contributed by atoms with Crippen LogP contribution in [0.25, 0.3) is 0 Å². The average Bonchev–Trinajstić information content (AvgIpc) is 2.74. The van der Waals surface area contributed by atoms with Crippen molar-refractivity contribution in [1.29, 1.82) is 0 Å². The third-order valence-corrected chi connectivity index (χ3v) is 3.93. The Balaban J connectivity index is 2.03. The van der Waals surface area contributed by atoms with E-state index < -0.39 is 6.10 Å². The Kier molecular flexibility index (Phi) is 4.32. The molecule has 1 fully saturated rings. The van der Waals surface area contributed by atoms with Crippen LogP contribution in [-0.2, 0) is 0 Å². The van der Waals surface area contributed by atoms with E-state index in [4.69, 9.17) is 0 Å². The molecule has 1 aromatic carbocycles. The van der Waals surface area contributed by atoms with Gasteiger partial charge in [0, 0.05) is 37.5 Å². The first-order valence-electron chi connectivity index (χ1n) is 6.88. The summed E-state index contributed by atoms with van der Waals surface area (Å²) in [7, 11) is 4.21. The summed E-state index contributed by atoms with van der Waals surface area (Å²) < 4.78 is 0. The first-order chi connectivity index (χ1) is 8.97. The van der Waals surface area contributed by atoms with Crippen molar-refractivity contribution >= 4 is 5.69 Å². The Labute approximate surface area is 115 Å². The highest BCUT2D eigenvalue weighted by Gasteiger charge is 2.21. The van der Waals surface area contributed by atoms with Crippen molar-refractivity contribution in [2.75, 3.05) is 38.6 Å². The van der Waals surface area contributed by atoms with E-state index in [1.54, 1.807) is 19.1 Å². The monoisotopic (exact) mass is 264 g/mol. The lowest BCUT2D eigenvalue weighted by atomic mass is 10.1. The van der Waals surface area contributed by atoms with Crippen molar-refractivity contribution in [1.82, 2.24) is 4.90 Å². The summed E-state index contributed by atoms with van der Waals surface area (Å²) in [5, 5.41) is 19.4. The Morgan fingerprint density at radius 1 is 1.47 bits per heavy atom. The molecule has 0 aliphatic carbocycles. The summed E-state index contributed by atoms with van der Waals surface area (Å²) in [6.07, 6.45) is 0.598. The summed E-state index contributed by atoms with van der Waals surface area (Å²) >= 11 is 0. The molecule has 2 N–H and O–H groups in total. The zero-order valence-electron chi connectivity index (χ0n) is 12.0. The number of rotatable bonds is 4. The lowest BCUT2D eigenvalue weighted by molar-refractivity contribution is 0.195.